The van der Waals surface area contributed by atoms with Gasteiger partial charge in [-0.25, -0.2) is 0 Å². The highest BCUT2D eigenvalue weighted by molar-refractivity contribution is 5.78. The molecular formula is C13H17NO. The molecule has 1 fully saturated rings. The Morgan fingerprint density at radius 2 is 1.93 bits per heavy atom. The molecule has 1 heterocycles. The summed E-state index contributed by atoms with van der Waals surface area (Å²) < 4.78 is 0. The molecule has 0 saturated carbocycles. The van der Waals surface area contributed by atoms with E-state index in [-0.39, 0.29) is 11.9 Å². The van der Waals surface area contributed by atoms with Crippen LogP contribution >= 0.6 is 0 Å². The third-order valence-corrected chi connectivity index (χ3v) is 3.00. The highest BCUT2D eigenvalue weighted by Crippen LogP contribution is 2.25. The predicted octanol–water partition coefficient (Wildman–Crippen LogP) is 2.76. The maximum Gasteiger partial charge on any atom is 0.220 e. The molecule has 1 atom stereocenters. The Morgan fingerprint density at radius 3 is 2.40 bits per heavy atom. The zero-order valence-corrected chi connectivity index (χ0v) is 9.29. The molecule has 1 amide bonds. The van der Waals surface area contributed by atoms with Gasteiger partial charge in [0.15, 0.2) is 0 Å². The molecule has 0 bridgehead atoms. The molecule has 2 heteroatoms. The molecule has 2 nitrogen and oxygen atoms in total. The summed E-state index contributed by atoms with van der Waals surface area (Å²) in [4.78, 5) is 11.1. The molecule has 1 aliphatic rings. The first-order valence-electron chi connectivity index (χ1n) is 5.56. The minimum atomic E-state index is 0.174. The maximum absolute atomic E-state index is 11.1. The smallest absolute Gasteiger partial charge is 0.220 e. The molecule has 0 aromatic heterocycles. The Bertz CT molecular complexity index is 353. The lowest BCUT2D eigenvalue weighted by Gasteiger charge is -2.12. The van der Waals surface area contributed by atoms with E-state index in [1.54, 1.807) is 0 Å². The number of carbonyl (C=O) groups excluding carboxylic acids is 1. The minimum absolute atomic E-state index is 0.174. The average molecular weight is 203 g/mol. The fourth-order valence-electron chi connectivity index (χ4n) is 1.98. The molecule has 2 rings (SSSR count). The molecule has 0 spiro atoms. The van der Waals surface area contributed by atoms with Crippen LogP contribution in [0.3, 0.4) is 0 Å². The van der Waals surface area contributed by atoms with Crippen LogP contribution in [0, 0.1) is 0 Å². The van der Waals surface area contributed by atoms with Crippen molar-refractivity contribution in [3.8, 4) is 0 Å². The minimum Gasteiger partial charge on any atom is -0.349 e. The highest BCUT2D eigenvalue weighted by Gasteiger charge is 2.21. The summed E-state index contributed by atoms with van der Waals surface area (Å²) >= 11 is 0. The van der Waals surface area contributed by atoms with Gasteiger partial charge in [0.2, 0.25) is 5.91 Å². The summed E-state index contributed by atoms with van der Waals surface area (Å²) in [5.41, 5.74) is 2.58. The first-order chi connectivity index (χ1) is 7.16. The van der Waals surface area contributed by atoms with Crippen molar-refractivity contribution in [2.75, 3.05) is 0 Å². The monoisotopic (exact) mass is 203 g/mol. The van der Waals surface area contributed by atoms with E-state index in [4.69, 9.17) is 0 Å². The zero-order chi connectivity index (χ0) is 10.8. The van der Waals surface area contributed by atoms with Crippen LogP contribution in [0.5, 0.6) is 0 Å². The van der Waals surface area contributed by atoms with E-state index in [9.17, 15) is 4.79 Å². The van der Waals surface area contributed by atoms with Gasteiger partial charge in [0.25, 0.3) is 0 Å². The lowest BCUT2D eigenvalue weighted by Crippen LogP contribution is -2.18. The molecule has 1 aromatic carbocycles. The van der Waals surface area contributed by atoms with Crippen LogP contribution in [0.4, 0.5) is 0 Å². The SMILES string of the molecule is CC(C)c1ccc(C2CCC(=O)N2)cc1. The van der Waals surface area contributed by atoms with Gasteiger partial charge in [0.05, 0.1) is 6.04 Å². The van der Waals surface area contributed by atoms with Gasteiger partial charge in [-0.3, -0.25) is 4.79 Å². The largest absolute Gasteiger partial charge is 0.349 e. The van der Waals surface area contributed by atoms with Crippen LogP contribution < -0.4 is 5.32 Å². The normalized spacial score (nSPS) is 20.7. The Balaban J connectivity index is 2.13. The predicted molar refractivity (Wildman–Crippen MR) is 60.6 cm³/mol. The van der Waals surface area contributed by atoms with Crippen LogP contribution in [-0.4, -0.2) is 5.91 Å². The van der Waals surface area contributed by atoms with Crippen LogP contribution in [0.15, 0.2) is 24.3 Å². The molecular weight excluding hydrogens is 186 g/mol. The Kier molecular flexibility index (Phi) is 2.76. The summed E-state index contributed by atoms with van der Waals surface area (Å²) in [6.45, 7) is 4.37. The third kappa shape index (κ3) is 2.20. The van der Waals surface area contributed by atoms with E-state index < -0.39 is 0 Å². The second-order valence-electron chi connectivity index (χ2n) is 4.48. The molecule has 0 aliphatic carbocycles. The average Bonchev–Trinajstić information content (AvgIpc) is 2.65. The molecule has 1 aromatic rings. The van der Waals surface area contributed by atoms with Crippen molar-refractivity contribution in [2.45, 2.75) is 38.6 Å². The molecule has 1 unspecified atom stereocenters. The Morgan fingerprint density at radius 1 is 1.27 bits per heavy atom. The van der Waals surface area contributed by atoms with Gasteiger partial charge in [-0.1, -0.05) is 38.1 Å². The van der Waals surface area contributed by atoms with Crippen molar-refractivity contribution in [1.29, 1.82) is 0 Å². The number of hydrogen-bond donors (Lipinski definition) is 1. The second-order valence-corrected chi connectivity index (χ2v) is 4.48. The van der Waals surface area contributed by atoms with Gasteiger partial charge in [-0.2, -0.15) is 0 Å². The first-order valence-corrected chi connectivity index (χ1v) is 5.56. The van der Waals surface area contributed by atoms with Crippen molar-refractivity contribution in [2.24, 2.45) is 0 Å². The van der Waals surface area contributed by atoms with Crippen LogP contribution in [0.25, 0.3) is 0 Å². The van der Waals surface area contributed by atoms with Gasteiger partial charge in [-0.05, 0) is 23.5 Å². The zero-order valence-electron chi connectivity index (χ0n) is 9.29. The molecule has 1 saturated heterocycles. The van der Waals surface area contributed by atoms with Gasteiger partial charge < -0.3 is 5.32 Å². The Labute approximate surface area is 90.7 Å². The fraction of sp³-hybridized carbons (Fsp3) is 0.462. The summed E-state index contributed by atoms with van der Waals surface area (Å²) in [6, 6.07) is 8.81. The topological polar surface area (TPSA) is 29.1 Å². The number of hydrogen-bond acceptors (Lipinski definition) is 1. The van der Waals surface area contributed by atoms with E-state index in [0.717, 1.165) is 6.42 Å². The van der Waals surface area contributed by atoms with Crippen molar-refractivity contribution in [3.63, 3.8) is 0 Å². The maximum atomic E-state index is 11.1. The van der Waals surface area contributed by atoms with Gasteiger partial charge in [-0.15, -0.1) is 0 Å². The van der Waals surface area contributed by atoms with Crippen LogP contribution in [0.1, 0.15) is 49.8 Å². The van der Waals surface area contributed by atoms with E-state index in [2.05, 4.69) is 43.4 Å². The van der Waals surface area contributed by atoms with Crippen molar-refractivity contribution >= 4 is 5.91 Å². The van der Waals surface area contributed by atoms with Gasteiger partial charge in [0, 0.05) is 6.42 Å². The first kappa shape index (κ1) is 10.2. The van der Waals surface area contributed by atoms with E-state index in [1.165, 1.54) is 11.1 Å². The van der Waals surface area contributed by atoms with E-state index in [1.807, 2.05) is 0 Å². The number of rotatable bonds is 2. The number of benzene rings is 1. The standard InChI is InChI=1S/C13H17NO/c1-9(2)10-3-5-11(6-4-10)12-7-8-13(15)14-12/h3-6,9,12H,7-8H2,1-2H3,(H,14,15). The molecule has 80 valence electrons. The Hall–Kier alpha value is -1.31. The number of amides is 1. The summed E-state index contributed by atoms with van der Waals surface area (Å²) in [6.07, 6.45) is 1.59. The van der Waals surface area contributed by atoms with Crippen LogP contribution in [0.2, 0.25) is 0 Å². The second kappa shape index (κ2) is 4.05. The summed E-state index contributed by atoms with van der Waals surface area (Å²) in [5, 5.41) is 2.98. The highest BCUT2D eigenvalue weighted by atomic mass is 16.1. The number of nitrogens with one attached hydrogen (secondary N) is 1. The molecule has 1 aliphatic heterocycles. The van der Waals surface area contributed by atoms with Crippen molar-refractivity contribution < 1.29 is 4.79 Å². The van der Waals surface area contributed by atoms with Crippen molar-refractivity contribution in [1.82, 2.24) is 5.32 Å². The molecule has 1 N–H and O–H groups in total. The van der Waals surface area contributed by atoms with E-state index in [0.29, 0.717) is 12.3 Å². The third-order valence-electron chi connectivity index (χ3n) is 3.00. The number of carbonyl (C=O) groups is 1. The van der Waals surface area contributed by atoms with E-state index >= 15 is 0 Å². The van der Waals surface area contributed by atoms with Crippen molar-refractivity contribution in [3.05, 3.63) is 35.4 Å². The summed E-state index contributed by atoms with van der Waals surface area (Å²) in [5.74, 6) is 0.741. The fourth-order valence-corrected chi connectivity index (χ4v) is 1.98. The molecule has 0 radical (unpaired) electrons. The van der Waals surface area contributed by atoms with Gasteiger partial charge in [0.1, 0.15) is 0 Å². The summed E-state index contributed by atoms with van der Waals surface area (Å²) in [7, 11) is 0. The lowest BCUT2D eigenvalue weighted by atomic mass is 9.98. The van der Waals surface area contributed by atoms with Crippen LogP contribution in [-0.2, 0) is 4.79 Å². The molecule has 15 heavy (non-hydrogen) atoms. The van der Waals surface area contributed by atoms with Gasteiger partial charge >= 0.3 is 0 Å². The quantitative estimate of drug-likeness (QED) is 0.786. The lowest BCUT2D eigenvalue weighted by molar-refractivity contribution is -0.119.